The fourth-order valence-electron chi connectivity index (χ4n) is 4.89. The first-order valence-electron chi connectivity index (χ1n) is 7.50. The van der Waals surface area contributed by atoms with Crippen molar-refractivity contribution in [2.45, 2.75) is 75.6 Å². The van der Waals surface area contributed by atoms with Crippen molar-refractivity contribution in [3.05, 3.63) is 0 Å². The van der Waals surface area contributed by atoms with E-state index in [0.29, 0.717) is 18.3 Å². The Labute approximate surface area is 114 Å². The van der Waals surface area contributed by atoms with E-state index < -0.39 is 17.2 Å². The average molecular weight is 269 g/mol. The number of carbonyl (C=O) groups is 1. The number of halogens is 1. The zero-order valence-corrected chi connectivity index (χ0v) is 11.8. The lowest BCUT2D eigenvalue weighted by Gasteiger charge is -2.60. The third-order valence-corrected chi connectivity index (χ3v) is 5.55. The van der Waals surface area contributed by atoms with Gasteiger partial charge in [0.2, 0.25) is 0 Å². The highest BCUT2D eigenvalue weighted by Gasteiger charge is 2.58. The molecule has 0 aliphatic heterocycles. The number of rotatable bonds is 3. The molecule has 0 spiro atoms. The topological polar surface area (TPSA) is 49.3 Å². The predicted molar refractivity (Wildman–Crippen MR) is 70.3 cm³/mol. The highest BCUT2D eigenvalue weighted by atomic mass is 19.1. The predicted octanol–water partition coefficient (Wildman–Crippen LogP) is 2.32. The number of nitrogens with one attached hydrogen (secondary N) is 1. The minimum Gasteiger partial charge on any atom is -0.390 e. The summed E-state index contributed by atoms with van der Waals surface area (Å²) in [5, 5.41) is 13.6. The van der Waals surface area contributed by atoms with E-state index in [9.17, 15) is 14.3 Å². The molecule has 0 radical (unpaired) electrons. The zero-order valence-electron chi connectivity index (χ0n) is 11.8. The number of hydrogen-bond donors (Lipinski definition) is 2. The molecule has 3 nitrogen and oxygen atoms in total. The fraction of sp³-hybridized carbons (Fsp3) is 0.933. The summed E-state index contributed by atoms with van der Waals surface area (Å²) in [6.45, 7) is 3.03. The molecule has 4 rings (SSSR count). The van der Waals surface area contributed by atoms with Crippen LogP contribution in [0.3, 0.4) is 0 Å². The fourth-order valence-corrected chi connectivity index (χ4v) is 4.89. The van der Waals surface area contributed by atoms with Gasteiger partial charge in [-0.25, -0.2) is 4.39 Å². The molecule has 2 N–H and O–H groups in total. The molecule has 0 aromatic rings. The van der Waals surface area contributed by atoms with Crippen LogP contribution in [0, 0.1) is 11.8 Å². The third-order valence-electron chi connectivity index (χ3n) is 5.55. The number of alkyl halides is 1. The van der Waals surface area contributed by atoms with E-state index in [0.717, 1.165) is 25.7 Å². The third kappa shape index (κ3) is 2.18. The van der Waals surface area contributed by atoms with Crippen molar-refractivity contribution in [1.29, 1.82) is 0 Å². The van der Waals surface area contributed by atoms with Gasteiger partial charge in [0.05, 0.1) is 5.60 Å². The Morgan fingerprint density at radius 1 is 1.37 bits per heavy atom. The molecule has 0 heterocycles. The smallest absolute Gasteiger partial charge is 0.257 e. The number of aliphatic hydroxyl groups is 1. The second-order valence-electron chi connectivity index (χ2n) is 7.47. The first-order chi connectivity index (χ1) is 8.76. The van der Waals surface area contributed by atoms with Crippen LogP contribution in [0.2, 0.25) is 0 Å². The normalized spacial score (nSPS) is 46.9. The molecule has 19 heavy (non-hydrogen) atoms. The first kappa shape index (κ1) is 13.3. The van der Waals surface area contributed by atoms with E-state index in [-0.39, 0.29) is 12.0 Å². The van der Waals surface area contributed by atoms with Gasteiger partial charge in [0.15, 0.2) is 5.67 Å². The van der Waals surface area contributed by atoms with Crippen molar-refractivity contribution in [3.8, 4) is 0 Å². The molecule has 4 saturated carbocycles. The molecule has 4 heteroatoms. The van der Waals surface area contributed by atoms with Gasteiger partial charge >= 0.3 is 0 Å². The van der Waals surface area contributed by atoms with E-state index in [1.165, 1.54) is 13.3 Å². The van der Waals surface area contributed by atoms with Crippen LogP contribution in [0.4, 0.5) is 4.39 Å². The Kier molecular flexibility index (Phi) is 2.76. The molecule has 4 aliphatic rings. The van der Waals surface area contributed by atoms with Crippen LogP contribution in [-0.4, -0.2) is 27.8 Å². The van der Waals surface area contributed by atoms with Gasteiger partial charge in [0.1, 0.15) is 0 Å². The van der Waals surface area contributed by atoms with Crippen LogP contribution >= 0.6 is 0 Å². The number of hydrogen-bond acceptors (Lipinski definition) is 2. The van der Waals surface area contributed by atoms with Gasteiger partial charge in [0.25, 0.3) is 5.91 Å². The zero-order chi connectivity index (χ0) is 13.9. The molecule has 0 aromatic carbocycles. The minimum atomic E-state index is -1.80. The molecule has 4 bridgehead atoms. The molecule has 108 valence electrons. The van der Waals surface area contributed by atoms with E-state index >= 15 is 0 Å². The Hall–Kier alpha value is -0.640. The van der Waals surface area contributed by atoms with Crippen molar-refractivity contribution in [2.24, 2.45) is 11.8 Å². The maximum atomic E-state index is 14.1. The lowest BCUT2D eigenvalue weighted by Crippen LogP contribution is -2.67. The monoisotopic (exact) mass is 269 g/mol. The van der Waals surface area contributed by atoms with Crippen LogP contribution in [0.1, 0.15) is 58.8 Å². The maximum Gasteiger partial charge on any atom is 0.257 e. The maximum absolute atomic E-state index is 14.1. The Morgan fingerprint density at radius 3 is 2.42 bits per heavy atom. The SMILES string of the molecule is CCC(C)(F)C(=O)NC12CC3CC(CC(O)(C3)C1)C2. The molecule has 1 amide bonds. The first-order valence-corrected chi connectivity index (χ1v) is 7.50. The van der Waals surface area contributed by atoms with Crippen molar-refractivity contribution in [3.63, 3.8) is 0 Å². The van der Waals surface area contributed by atoms with Gasteiger partial charge in [-0.05, 0) is 63.7 Å². The highest BCUT2D eigenvalue weighted by molar-refractivity contribution is 5.85. The quantitative estimate of drug-likeness (QED) is 0.826. The summed E-state index contributed by atoms with van der Waals surface area (Å²) >= 11 is 0. The molecule has 4 aliphatic carbocycles. The second-order valence-corrected chi connectivity index (χ2v) is 7.47. The molecule has 4 fully saturated rings. The van der Waals surface area contributed by atoms with Crippen molar-refractivity contribution >= 4 is 5.91 Å². The second kappa shape index (κ2) is 3.94. The largest absolute Gasteiger partial charge is 0.390 e. The van der Waals surface area contributed by atoms with E-state index in [1.807, 2.05) is 0 Å². The summed E-state index contributed by atoms with van der Waals surface area (Å²) in [7, 11) is 0. The van der Waals surface area contributed by atoms with Gasteiger partial charge in [-0.1, -0.05) is 6.92 Å². The Morgan fingerprint density at radius 2 is 1.95 bits per heavy atom. The lowest BCUT2D eigenvalue weighted by atomic mass is 9.51. The molecule has 3 atom stereocenters. The Bertz CT molecular complexity index is 393. The van der Waals surface area contributed by atoms with Crippen LogP contribution in [0.25, 0.3) is 0 Å². The minimum absolute atomic E-state index is 0.187. The van der Waals surface area contributed by atoms with E-state index in [2.05, 4.69) is 5.32 Å². The summed E-state index contributed by atoms with van der Waals surface area (Å²) in [5.41, 5.74) is -2.76. The molecule has 3 unspecified atom stereocenters. The summed E-state index contributed by atoms with van der Waals surface area (Å²) in [6.07, 6.45) is 5.52. The Balaban J connectivity index is 1.79. The average Bonchev–Trinajstić information content (AvgIpc) is 2.24. The van der Waals surface area contributed by atoms with Crippen LogP contribution in [-0.2, 0) is 4.79 Å². The van der Waals surface area contributed by atoms with Gasteiger partial charge in [-0.3, -0.25) is 4.79 Å². The van der Waals surface area contributed by atoms with Crippen molar-refractivity contribution < 1.29 is 14.3 Å². The summed E-state index contributed by atoms with van der Waals surface area (Å²) < 4.78 is 14.1. The van der Waals surface area contributed by atoms with Crippen molar-refractivity contribution in [1.82, 2.24) is 5.32 Å². The lowest BCUT2D eigenvalue weighted by molar-refractivity contribution is -0.156. The van der Waals surface area contributed by atoms with E-state index in [4.69, 9.17) is 0 Å². The van der Waals surface area contributed by atoms with Gasteiger partial charge in [-0.2, -0.15) is 0 Å². The van der Waals surface area contributed by atoms with Gasteiger partial charge < -0.3 is 10.4 Å². The summed E-state index contributed by atoms with van der Waals surface area (Å²) in [6, 6.07) is 0. The van der Waals surface area contributed by atoms with E-state index in [1.54, 1.807) is 6.92 Å². The molecule has 0 aromatic heterocycles. The van der Waals surface area contributed by atoms with Crippen LogP contribution < -0.4 is 5.32 Å². The molecular formula is C15H24FNO2. The van der Waals surface area contributed by atoms with Gasteiger partial charge in [-0.15, -0.1) is 0 Å². The summed E-state index contributed by atoms with van der Waals surface area (Å²) in [4.78, 5) is 12.1. The van der Waals surface area contributed by atoms with Crippen LogP contribution in [0.15, 0.2) is 0 Å². The number of carbonyl (C=O) groups excluding carboxylic acids is 1. The van der Waals surface area contributed by atoms with Gasteiger partial charge in [0, 0.05) is 5.54 Å². The van der Waals surface area contributed by atoms with Crippen LogP contribution in [0.5, 0.6) is 0 Å². The van der Waals surface area contributed by atoms with Crippen molar-refractivity contribution in [2.75, 3.05) is 0 Å². The summed E-state index contributed by atoms with van der Waals surface area (Å²) in [5.74, 6) is 0.499. The molecule has 0 saturated heterocycles. The molecular weight excluding hydrogens is 245 g/mol. The highest BCUT2D eigenvalue weighted by Crippen LogP contribution is 2.57. The standard InChI is InChI=1S/C15H24FNO2/c1-3-13(2,16)12(18)17-14-5-10-4-11(6-14)8-15(19,7-10)9-14/h10-11,19H,3-9H2,1-2H3,(H,17,18). The number of amides is 1.